The number of nitrogens with one attached hydrogen (secondary N) is 1. The molecule has 0 aliphatic heterocycles. The van der Waals surface area contributed by atoms with Gasteiger partial charge in [0.1, 0.15) is 11.6 Å². The zero-order valence-corrected chi connectivity index (χ0v) is 13.6. The maximum atomic E-state index is 5.86. The minimum absolute atomic E-state index is 0.248. The average Bonchev–Trinajstić information content (AvgIpc) is 2.62. The third kappa shape index (κ3) is 4.01. The molecule has 0 aliphatic carbocycles. The molecular formula is C19H20N4O. The van der Waals surface area contributed by atoms with Gasteiger partial charge in [0, 0.05) is 18.2 Å². The van der Waals surface area contributed by atoms with Crippen LogP contribution in [0.3, 0.4) is 0 Å². The molecule has 3 N–H and O–H groups in total. The molecule has 0 aliphatic rings. The van der Waals surface area contributed by atoms with Crippen LogP contribution in [-0.2, 0) is 6.42 Å². The van der Waals surface area contributed by atoms with Gasteiger partial charge in [-0.2, -0.15) is 4.98 Å². The molecule has 5 nitrogen and oxygen atoms in total. The van der Waals surface area contributed by atoms with Crippen LogP contribution in [0.2, 0.25) is 0 Å². The molecule has 0 fully saturated rings. The Morgan fingerprint density at radius 3 is 2.62 bits per heavy atom. The number of nitrogen functional groups attached to an aromatic ring is 1. The number of benzene rings is 2. The van der Waals surface area contributed by atoms with E-state index in [2.05, 4.69) is 27.4 Å². The number of rotatable bonds is 6. The van der Waals surface area contributed by atoms with Crippen LogP contribution in [-0.4, -0.2) is 23.6 Å². The molecule has 3 aromatic rings. The number of hydrogen-bond acceptors (Lipinski definition) is 5. The summed E-state index contributed by atoms with van der Waals surface area (Å²) >= 11 is 0. The maximum Gasteiger partial charge on any atom is 0.222 e. The van der Waals surface area contributed by atoms with Crippen molar-refractivity contribution < 1.29 is 4.74 Å². The molecule has 5 heteroatoms. The molecule has 0 unspecified atom stereocenters. The first-order valence-corrected chi connectivity index (χ1v) is 7.81. The molecule has 0 saturated heterocycles. The van der Waals surface area contributed by atoms with E-state index in [0.717, 1.165) is 35.8 Å². The molecule has 0 atom stereocenters. The first kappa shape index (κ1) is 15.8. The lowest BCUT2D eigenvalue weighted by Gasteiger charge is -2.09. The highest BCUT2D eigenvalue weighted by atomic mass is 16.5. The average molecular weight is 320 g/mol. The second kappa shape index (κ2) is 7.46. The van der Waals surface area contributed by atoms with Crippen LogP contribution in [0.1, 0.15) is 5.56 Å². The summed E-state index contributed by atoms with van der Waals surface area (Å²) in [5.74, 6) is 1.75. The van der Waals surface area contributed by atoms with Crippen molar-refractivity contribution in [1.82, 2.24) is 9.97 Å². The summed E-state index contributed by atoms with van der Waals surface area (Å²) < 4.78 is 5.26. The highest BCUT2D eigenvalue weighted by molar-refractivity contribution is 5.65. The molecule has 24 heavy (non-hydrogen) atoms. The molecule has 2 aromatic carbocycles. The number of nitrogens with zero attached hydrogens (tertiary/aromatic N) is 2. The number of nitrogens with two attached hydrogens (primary N) is 1. The van der Waals surface area contributed by atoms with Gasteiger partial charge < -0.3 is 15.8 Å². The summed E-state index contributed by atoms with van der Waals surface area (Å²) in [6.45, 7) is 0.776. The molecule has 3 rings (SSSR count). The zero-order chi connectivity index (χ0) is 16.8. The fourth-order valence-corrected chi connectivity index (χ4v) is 2.47. The van der Waals surface area contributed by atoms with Crippen molar-refractivity contribution in [2.24, 2.45) is 0 Å². The summed E-state index contributed by atoms with van der Waals surface area (Å²) in [5, 5.41) is 3.31. The van der Waals surface area contributed by atoms with Gasteiger partial charge in [0.15, 0.2) is 0 Å². The van der Waals surface area contributed by atoms with E-state index < -0.39 is 0 Å². The maximum absolute atomic E-state index is 5.86. The van der Waals surface area contributed by atoms with E-state index in [4.69, 9.17) is 10.5 Å². The van der Waals surface area contributed by atoms with E-state index in [0.29, 0.717) is 0 Å². The van der Waals surface area contributed by atoms with Gasteiger partial charge in [0.2, 0.25) is 5.95 Å². The van der Waals surface area contributed by atoms with Crippen LogP contribution in [0.5, 0.6) is 5.75 Å². The molecule has 1 aromatic heterocycles. The Morgan fingerprint density at radius 1 is 1.00 bits per heavy atom. The van der Waals surface area contributed by atoms with Gasteiger partial charge in [-0.3, -0.25) is 0 Å². The number of hydrogen-bond donors (Lipinski definition) is 2. The van der Waals surface area contributed by atoms with E-state index in [1.165, 1.54) is 5.56 Å². The Labute approximate surface area is 141 Å². The van der Waals surface area contributed by atoms with Crippen LogP contribution in [0.4, 0.5) is 11.8 Å². The first-order chi connectivity index (χ1) is 11.7. The summed E-state index contributed by atoms with van der Waals surface area (Å²) in [6, 6.07) is 19.9. The Balaban J connectivity index is 1.73. The highest BCUT2D eigenvalue weighted by Crippen LogP contribution is 2.24. The zero-order valence-electron chi connectivity index (χ0n) is 13.6. The second-order valence-corrected chi connectivity index (χ2v) is 5.39. The summed E-state index contributed by atoms with van der Waals surface area (Å²) in [6.07, 6.45) is 0.916. The van der Waals surface area contributed by atoms with E-state index in [-0.39, 0.29) is 5.95 Å². The van der Waals surface area contributed by atoms with Gasteiger partial charge in [-0.25, -0.2) is 4.98 Å². The first-order valence-electron chi connectivity index (χ1n) is 7.81. The van der Waals surface area contributed by atoms with Crippen LogP contribution in [0.15, 0.2) is 60.7 Å². The quantitative estimate of drug-likeness (QED) is 0.728. The lowest BCUT2D eigenvalue weighted by molar-refractivity contribution is 0.415. The SMILES string of the molecule is COc1cccc(-c2cc(NCCc3ccccc3)nc(N)n2)c1. The van der Waals surface area contributed by atoms with Crippen molar-refractivity contribution in [1.29, 1.82) is 0 Å². The molecule has 0 spiro atoms. The normalized spacial score (nSPS) is 10.4. The van der Waals surface area contributed by atoms with Crippen molar-refractivity contribution in [3.05, 3.63) is 66.2 Å². The van der Waals surface area contributed by atoms with Gasteiger partial charge in [-0.1, -0.05) is 42.5 Å². The van der Waals surface area contributed by atoms with E-state index in [1.807, 2.05) is 48.5 Å². The fraction of sp³-hybridized carbons (Fsp3) is 0.158. The van der Waals surface area contributed by atoms with Crippen molar-refractivity contribution in [2.75, 3.05) is 24.7 Å². The third-order valence-electron chi connectivity index (χ3n) is 3.67. The van der Waals surface area contributed by atoms with Gasteiger partial charge >= 0.3 is 0 Å². The lowest BCUT2D eigenvalue weighted by atomic mass is 10.1. The summed E-state index contributed by atoms with van der Waals surface area (Å²) in [7, 11) is 1.64. The summed E-state index contributed by atoms with van der Waals surface area (Å²) in [5.41, 5.74) is 8.84. The van der Waals surface area contributed by atoms with Crippen molar-refractivity contribution >= 4 is 11.8 Å². The van der Waals surface area contributed by atoms with Crippen molar-refractivity contribution in [3.8, 4) is 17.0 Å². The monoisotopic (exact) mass is 320 g/mol. The number of aromatic nitrogens is 2. The largest absolute Gasteiger partial charge is 0.497 e. The van der Waals surface area contributed by atoms with Gasteiger partial charge in [-0.15, -0.1) is 0 Å². The van der Waals surface area contributed by atoms with Crippen LogP contribution < -0.4 is 15.8 Å². The minimum Gasteiger partial charge on any atom is -0.497 e. The van der Waals surface area contributed by atoms with E-state index in [9.17, 15) is 0 Å². The van der Waals surface area contributed by atoms with Crippen LogP contribution in [0, 0.1) is 0 Å². The standard InChI is InChI=1S/C19H20N4O/c1-24-16-9-5-8-15(12-16)17-13-18(23-19(20)22-17)21-11-10-14-6-3-2-4-7-14/h2-9,12-13H,10-11H2,1H3,(H3,20,21,22,23). The van der Waals surface area contributed by atoms with Crippen LogP contribution >= 0.6 is 0 Å². The fourth-order valence-electron chi connectivity index (χ4n) is 2.47. The molecule has 0 saturated carbocycles. The molecule has 0 amide bonds. The Morgan fingerprint density at radius 2 is 1.83 bits per heavy atom. The lowest BCUT2D eigenvalue weighted by Crippen LogP contribution is -2.08. The smallest absolute Gasteiger partial charge is 0.222 e. The predicted molar refractivity (Wildman–Crippen MR) is 97.1 cm³/mol. The Kier molecular flexibility index (Phi) is 4.91. The summed E-state index contributed by atoms with van der Waals surface area (Å²) in [4.78, 5) is 8.57. The molecule has 0 bridgehead atoms. The Bertz CT molecular complexity index is 805. The highest BCUT2D eigenvalue weighted by Gasteiger charge is 2.06. The predicted octanol–water partition coefficient (Wildman–Crippen LogP) is 3.39. The van der Waals surface area contributed by atoms with E-state index >= 15 is 0 Å². The number of anilines is 2. The Hall–Kier alpha value is -3.08. The van der Waals surface area contributed by atoms with Crippen LogP contribution in [0.25, 0.3) is 11.3 Å². The van der Waals surface area contributed by atoms with Gasteiger partial charge in [0.25, 0.3) is 0 Å². The second-order valence-electron chi connectivity index (χ2n) is 5.39. The molecule has 0 radical (unpaired) electrons. The molecule has 1 heterocycles. The minimum atomic E-state index is 0.248. The van der Waals surface area contributed by atoms with Gasteiger partial charge in [0.05, 0.1) is 12.8 Å². The van der Waals surface area contributed by atoms with E-state index in [1.54, 1.807) is 7.11 Å². The number of methoxy groups -OCH3 is 1. The van der Waals surface area contributed by atoms with Gasteiger partial charge in [-0.05, 0) is 24.1 Å². The van der Waals surface area contributed by atoms with Crippen molar-refractivity contribution in [3.63, 3.8) is 0 Å². The third-order valence-corrected chi connectivity index (χ3v) is 3.67. The number of ether oxygens (including phenoxy) is 1. The van der Waals surface area contributed by atoms with Crippen molar-refractivity contribution in [2.45, 2.75) is 6.42 Å². The molecule has 122 valence electrons. The molecular weight excluding hydrogens is 300 g/mol. The topological polar surface area (TPSA) is 73.1 Å².